The van der Waals surface area contributed by atoms with Crippen molar-refractivity contribution in [1.82, 2.24) is 5.32 Å². The molecule has 1 rings (SSSR count). The van der Waals surface area contributed by atoms with Gasteiger partial charge in [-0.3, -0.25) is 10.1 Å². The minimum atomic E-state index is -0.891. The zero-order chi connectivity index (χ0) is 9.84. The zero-order valence-corrected chi connectivity index (χ0v) is 7.84. The Balaban J connectivity index is 2.39. The van der Waals surface area contributed by atoms with Gasteiger partial charge in [0.05, 0.1) is 6.54 Å². The molecule has 0 radical (unpaired) electrons. The molecule has 1 atom stereocenters. The minimum absolute atomic E-state index is 0.305. The van der Waals surface area contributed by atoms with Crippen LogP contribution in [0, 0.1) is 0 Å². The average molecular weight is 204 g/mol. The molecule has 0 saturated heterocycles. The van der Waals surface area contributed by atoms with Crippen LogP contribution >= 0.6 is 11.6 Å². The van der Waals surface area contributed by atoms with Gasteiger partial charge < -0.3 is 9.52 Å². The van der Waals surface area contributed by atoms with Crippen LogP contribution in [0.15, 0.2) is 16.5 Å². The van der Waals surface area contributed by atoms with Crippen LogP contribution < -0.4 is 5.32 Å². The van der Waals surface area contributed by atoms with E-state index in [-0.39, 0.29) is 0 Å². The Morgan fingerprint density at radius 1 is 1.77 bits per heavy atom. The second-order valence-electron chi connectivity index (χ2n) is 2.65. The van der Waals surface area contributed by atoms with Crippen LogP contribution in [0.5, 0.6) is 0 Å². The molecule has 0 spiro atoms. The number of hydrogen-bond donors (Lipinski definition) is 2. The van der Waals surface area contributed by atoms with Crippen molar-refractivity contribution in [3.8, 4) is 0 Å². The first-order chi connectivity index (χ1) is 6.09. The molecule has 0 aliphatic heterocycles. The largest absolute Gasteiger partial charge is 0.480 e. The van der Waals surface area contributed by atoms with Gasteiger partial charge >= 0.3 is 5.97 Å². The predicted molar refractivity (Wildman–Crippen MR) is 47.7 cm³/mol. The molecule has 5 heteroatoms. The van der Waals surface area contributed by atoms with E-state index in [0.717, 1.165) is 0 Å². The molecule has 0 aliphatic rings. The summed E-state index contributed by atoms with van der Waals surface area (Å²) in [6, 6.07) is 2.72. The van der Waals surface area contributed by atoms with Crippen molar-refractivity contribution in [3.63, 3.8) is 0 Å². The van der Waals surface area contributed by atoms with E-state index >= 15 is 0 Å². The number of halogens is 1. The fourth-order valence-electron chi connectivity index (χ4n) is 0.788. The predicted octanol–water partition coefficient (Wildman–Crippen LogP) is 1.50. The summed E-state index contributed by atoms with van der Waals surface area (Å²) in [6.07, 6.45) is 0. The van der Waals surface area contributed by atoms with Gasteiger partial charge in [-0.1, -0.05) is 0 Å². The number of hydrogen-bond acceptors (Lipinski definition) is 3. The molecule has 1 aromatic heterocycles. The van der Waals surface area contributed by atoms with Crippen molar-refractivity contribution in [2.24, 2.45) is 0 Å². The maximum atomic E-state index is 10.4. The smallest absolute Gasteiger partial charge is 0.320 e. The normalized spacial score (nSPS) is 12.8. The van der Waals surface area contributed by atoms with E-state index in [1.807, 2.05) is 0 Å². The average Bonchev–Trinajstić information content (AvgIpc) is 2.47. The van der Waals surface area contributed by atoms with Crippen molar-refractivity contribution < 1.29 is 14.3 Å². The Morgan fingerprint density at radius 2 is 2.46 bits per heavy atom. The molecule has 0 fully saturated rings. The van der Waals surface area contributed by atoms with Gasteiger partial charge in [0.15, 0.2) is 5.22 Å². The van der Waals surface area contributed by atoms with Crippen LogP contribution in [0.2, 0.25) is 5.22 Å². The summed E-state index contributed by atoms with van der Waals surface area (Å²) in [6.45, 7) is 1.92. The standard InChI is InChI=1S/C8H10ClNO3/c1-5(8(11)12)10-4-6-2-3-7(9)13-6/h2-3,5,10H,4H2,1H3,(H,11,12). The Labute approximate surface area is 80.5 Å². The van der Waals surface area contributed by atoms with Gasteiger partial charge in [-0.25, -0.2) is 0 Å². The highest BCUT2D eigenvalue weighted by Crippen LogP contribution is 2.12. The van der Waals surface area contributed by atoms with Crippen LogP contribution in [0.1, 0.15) is 12.7 Å². The Hall–Kier alpha value is -1.00. The molecular weight excluding hydrogens is 194 g/mol. The van der Waals surface area contributed by atoms with Gasteiger partial charge in [0.25, 0.3) is 0 Å². The van der Waals surface area contributed by atoms with E-state index in [2.05, 4.69) is 5.32 Å². The SMILES string of the molecule is CC(NCc1ccc(Cl)o1)C(=O)O. The summed E-state index contributed by atoms with van der Waals surface area (Å²) in [5, 5.41) is 11.6. The molecule has 0 saturated carbocycles. The summed E-state index contributed by atoms with van der Waals surface area (Å²) >= 11 is 5.53. The maximum Gasteiger partial charge on any atom is 0.320 e. The first kappa shape index (κ1) is 10.1. The third-order valence-corrected chi connectivity index (χ3v) is 1.78. The summed E-state index contributed by atoms with van der Waals surface area (Å²) in [7, 11) is 0. The highest BCUT2D eigenvalue weighted by atomic mass is 35.5. The van der Waals surface area contributed by atoms with E-state index in [0.29, 0.717) is 17.5 Å². The number of carbonyl (C=O) groups is 1. The molecule has 0 aliphatic carbocycles. The van der Waals surface area contributed by atoms with E-state index in [4.69, 9.17) is 21.1 Å². The first-order valence-electron chi connectivity index (χ1n) is 3.80. The quantitative estimate of drug-likeness (QED) is 0.779. The highest BCUT2D eigenvalue weighted by molar-refractivity contribution is 6.28. The van der Waals surface area contributed by atoms with Crippen LogP contribution in [0.4, 0.5) is 0 Å². The number of carboxylic acid groups (broad SMARTS) is 1. The van der Waals surface area contributed by atoms with E-state index in [1.165, 1.54) is 0 Å². The molecule has 0 bridgehead atoms. The fraction of sp³-hybridized carbons (Fsp3) is 0.375. The molecule has 1 aromatic rings. The van der Waals surface area contributed by atoms with Crippen LogP contribution in [0.3, 0.4) is 0 Å². The lowest BCUT2D eigenvalue weighted by atomic mass is 10.3. The lowest BCUT2D eigenvalue weighted by Crippen LogP contribution is -2.32. The number of nitrogens with one attached hydrogen (secondary N) is 1. The van der Waals surface area contributed by atoms with E-state index in [1.54, 1.807) is 19.1 Å². The topological polar surface area (TPSA) is 62.5 Å². The molecule has 72 valence electrons. The van der Waals surface area contributed by atoms with Gasteiger partial charge in [0.1, 0.15) is 11.8 Å². The number of carboxylic acids is 1. The molecule has 0 amide bonds. The third kappa shape index (κ3) is 3.08. The van der Waals surface area contributed by atoms with Crippen molar-refractivity contribution in [2.75, 3.05) is 0 Å². The van der Waals surface area contributed by atoms with Crippen molar-refractivity contribution in [1.29, 1.82) is 0 Å². The number of aliphatic carboxylic acids is 1. The minimum Gasteiger partial charge on any atom is -0.480 e. The second-order valence-corrected chi connectivity index (χ2v) is 3.02. The summed E-state index contributed by atoms with van der Waals surface area (Å²) in [5.41, 5.74) is 0. The van der Waals surface area contributed by atoms with Crippen LogP contribution in [-0.2, 0) is 11.3 Å². The Bertz CT molecular complexity index is 297. The highest BCUT2D eigenvalue weighted by Gasteiger charge is 2.10. The number of furan rings is 1. The lowest BCUT2D eigenvalue weighted by molar-refractivity contribution is -0.139. The molecule has 1 unspecified atom stereocenters. The first-order valence-corrected chi connectivity index (χ1v) is 4.18. The third-order valence-electron chi connectivity index (χ3n) is 1.58. The maximum absolute atomic E-state index is 10.4. The van der Waals surface area contributed by atoms with Crippen LogP contribution in [0.25, 0.3) is 0 Å². The van der Waals surface area contributed by atoms with Crippen molar-refractivity contribution in [3.05, 3.63) is 23.1 Å². The van der Waals surface area contributed by atoms with Gasteiger partial charge in [-0.15, -0.1) is 0 Å². The van der Waals surface area contributed by atoms with E-state index in [9.17, 15) is 4.79 Å². The van der Waals surface area contributed by atoms with Crippen molar-refractivity contribution >= 4 is 17.6 Å². The summed E-state index contributed by atoms with van der Waals surface area (Å²) in [4.78, 5) is 10.4. The lowest BCUT2D eigenvalue weighted by Gasteiger charge is -2.06. The zero-order valence-electron chi connectivity index (χ0n) is 7.08. The van der Waals surface area contributed by atoms with Gasteiger partial charge in [-0.2, -0.15) is 0 Å². The Kier molecular flexibility index (Phi) is 3.33. The molecule has 1 heterocycles. The summed E-state index contributed by atoms with van der Waals surface area (Å²) in [5.74, 6) is -0.268. The van der Waals surface area contributed by atoms with Crippen LogP contribution in [-0.4, -0.2) is 17.1 Å². The molecule has 2 N–H and O–H groups in total. The van der Waals surface area contributed by atoms with E-state index < -0.39 is 12.0 Å². The van der Waals surface area contributed by atoms with Gasteiger partial charge in [-0.05, 0) is 30.7 Å². The second kappa shape index (κ2) is 4.30. The van der Waals surface area contributed by atoms with Crippen molar-refractivity contribution in [2.45, 2.75) is 19.5 Å². The number of rotatable bonds is 4. The molecule has 0 aromatic carbocycles. The summed E-state index contributed by atoms with van der Waals surface area (Å²) < 4.78 is 5.02. The molecular formula is C8H10ClNO3. The Morgan fingerprint density at radius 3 is 2.92 bits per heavy atom. The molecule has 13 heavy (non-hydrogen) atoms. The van der Waals surface area contributed by atoms with Gasteiger partial charge in [0.2, 0.25) is 0 Å². The monoisotopic (exact) mass is 203 g/mol. The van der Waals surface area contributed by atoms with Gasteiger partial charge in [0, 0.05) is 0 Å². The fourth-order valence-corrected chi connectivity index (χ4v) is 0.950. The molecule has 4 nitrogen and oxygen atoms in total.